The number of carbonyl (C=O) groups is 2. The van der Waals surface area contributed by atoms with Crippen LogP contribution in [0.5, 0.6) is 0 Å². The number of nitrogens with one attached hydrogen (secondary N) is 2. The zero-order valence-corrected chi connectivity index (χ0v) is 17.2. The van der Waals surface area contributed by atoms with Gasteiger partial charge in [0.15, 0.2) is 0 Å². The van der Waals surface area contributed by atoms with Crippen molar-refractivity contribution in [3.63, 3.8) is 0 Å². The van der Waals surface area contributed by atoms with Gasteiger partial charge in [0.2, 0.25) is 10.0 Å². The number of para-hydroxylation sites is 1. The summed E-state index contributed by atoms with van der Waals surface area (Å²) in [6, 6.07) is 8.61. The SMILES string of the molecule is CS(=O)(=O)N1CCC(CNC(=O)c2ccccc2NC(=O)c2ccsc2)CC1. The van der Waals surface area contributed by atoms with Crippen LogP contribution >= 0.6 is 11.3 Å². The van der Waals surface area contributed by atoms with E-state index in [1.54, 1.807) is 35.7 Å². The van der Waals surface area contributed by atoms with Gasteiger partial charge in [-0.05, 0) is 42.3 Å². The predicted molar refractivity (Wildman–Crippen MR) is 110 cm³/mol. The maximum atomic E-state index is 12.6. The second kappa shape index (κ2) is 8.85. The van der Waals surface area contributed by atoms with Crippen LogP contribution in [0.4, 0.5) is 5.69 Å². The highest BCUT2D eigenvalue weighted by molar-refractivity contribution is 7.88. The molecule has 9 heteroatoms. The maximum Gasteiger partial charge on any atom is 0.256 e. The van der Waals surface area contributed by atoms with Crippen molar-refractivity contribution in [2.75, 3.05) is 31.2 Å². The van der Waals surface area contributed by atoms with Crippen molar-refractivity contribution in [2.45, 2.75) is 12.8 Å². The zero-order chi connectivity index (χ0) is 20.1. The van der Waals surface area contributed by atoms with E-state index in [2.05, 4.69) is 10.6 Å². The molecule has 2 heterocycles. The van der Waals surface area contributed by atoms with E-state index in [1.165, 1.54) is 21.9 Å². The van der Waals surface area contributed by atoms with Crippen LogP contribution in [-0.2, 0) is 10.0 Å². The highest BCUT2D eigenvalue weighted by atomic mass is 32.2. The first-order valence-corrected chi connectivity index (χ1v) is 11.8. The molecule has 0 aliphatic carbocycles. The summed E-state index contributed by atoms with van der Waals surface area (Å²) in [5.41, 5.74) is 1.42. The number of rotatable bonds is 6. The Morgan fingerprint density at radius 3 is 2.50 bits per heavy atom. The van der Waals surface area contributed by atoms with Gasteiger partial charge in [-0.1, -0.05) is 12.1 Å². The Balaban J connectivity index is 1.57. The molecule has 150 valence electrons. The van der Waals surface area contributed by atoms with E-state index in [4.69, 9.17) is 0 Å². The van der Waals surface area contributed by atoms with Gasteiger partial charge in [-0.3, -0.25) is 9.59 Å². The first-order chi connectivity index (χ1) is 13.3. The minimum Gasteiger partial charge on any atom is -0.352 e. The molecule has 0 spiro atoms. The summed E-state index contributed by atoms with van der Waals surface area (Å²) in [4.78, 5) is 24.9. The average molecular weight is 422 g/mol. The minimum absolute atomic E-state index is 0.231. The van der Waals surface area contributed by atoms with Crippen LogP contribution < -0.4 is 10.6 Å². The molecule has 28 heavy (non-hydrogen) atoms. The minimum atomic E-state index is -3.15. The summed E-state index contributed by atoms with van der Waals surface area (Å²) >= 11 is 1.43. The van der Waals surface area contributed by atoms with E-state index in [-0.39, 0.29) is 17.7 Å². The third-order valence-electron chi connectivity index (χ3n) is 4.80. The molecule has 0 atom stereocenters. The number of nitrogens with zero attached hydrogens (tertiary/aromatic N) is 1. The van der Waals surface area contributed by atoms with Crippen molar-refractivity contribution in [1.29, 1.82) is 0 Å². The molecule has 3 rings (SSSR count). The van der Waals surface area contributed by atoms with Gasteiger partial charge in [0, 0.05) is 25.0 Å². The molecule has 2 N–H and O–H groups in total. The molecule has 0 bridgehead atoms. The van der Waals surface area contributed by atoms with Crippen LogP contribution in [0.3, 0.4) is 0 Å². The fourth-order valence-corrected chi connectivity index (χ4v) is 4.67. The highest BCUT2D eigenvalue weighted by Crippen LogP contribution is 2.20. The highest BCUT2D eigenvalue weighted by Gasteiger charge is 2.25. The number of carbonyl (C=O) groups excluding carboxylic acids is 2. The number of amides is 2. The topological polar surface area (TPSA) is 95.6 Å². The second-order valence-electron chi connectivity index (χ2n) is 6.83. The molecule has 1 saturated heterocycles. The van der Waals surface area contributed by atoms with Crippen molar-refractivity contribution in [3.05, 3.63) is 52.2 Å². The van der Waals surface area contributed by atoms with Crippen molar-refractivity contribution < 1.29 is 18.0 Å². The standard InChI is InChI=1S/C19H23N3O4S2/c1-28(25,26)22-9-6-14(7-10-22)12-20-19(24)16-4-2-3-5-17(16)21-18(23)15-8-11-27-13-15/h2-5,8,11,13-14H,6-7,9-10,12H2,1H3,(H,20,24)(H,21,23). The van der Waals surface area contributed by atoms with E-state index in [0.717, 1.165) is 0 Å². The number of benzene rings is 1. The smallest absolute Gasteiger partial charge is 0.256 e. The zero-order valence-electron chi connectivity index (χ0n) is 15.6. The fourth-order valence-electron chi connectivity index (χ4n) is 3.16. The van der Waals surface area contributed by atoms with Crippen molar-refractivity contribution >= 4 is 38.9 Å². The molecule has 1 fully saturated rings. The fraction of sp³-hybridized carbons (Fsp3) is 0.368. The molecule has 7 nitrogen and oxygen atoms in total. The van der Waals surface area contributed by atoms with E-state index in [9.17, 15) is 18.0 Å². The molecule has 2 aromatic rings. The lowest BCUT2D eigenvalue weighted by Gasteiger charge is -2.30. The van der Waals surface area contributed by atoms with Crippen molar-refractivity contribution in [1.82, 2.24) is 9.62 Å². The summed E-state index contributed by atoms with van der Waals surface area (Å²) in [6.45, 7) is 1.43. The molecular weight excluding hydrogens is 398 g/mol. The Morgan fingerprint density at radius 2 is 1.86 bits per heavy atom. The van der Waals surface area contributed by atoms with Crippen LogP contribution in [0.2, 0.25) is 0 Å². The normalized spacial score (nSPS) is 15.9. The van der Waals surface area contributed by atoms with Crippen LogP contribution in [0.1, 0.15) is 33.6 Å². The first-order valence-electron chi connectivity index (χ1n) is 9.00. The quantitative estimate of drug-likeness (QED) is 0.749. The van der Waals surface area contributed by atoms with Gasteiger partial charge in [0.25, 0.3) is 11.8 Å². The number of anilines is 1. The summed E-state index contributed by atoms with van der Waals surface area (Å²) in [7, 11) is -3.15. The number of piperidine rings is 1. The van der Waals surface area contributed by atoms with Gasteiger partial charge in [0.05, 0.1) is 23.1 Å². The molecule has 0 radical (unpaired) electrons. The van der Waals surface area contributed by atoms with Crippen molar-refractivity contribution in [3.8, 4) is 0 Å². The largest absolute Gasteiger partial charge is 0.352 e. The molecule has 0 saturated carbocycles. The van der Waals surface area contributed by atoms with Crippen molar-refractivity contribution in [2.24, 2.45) is 5.92 Å². The van der Waals surface area contributed by atoms with Gasteiger partial charge in [0.1, 0.15) is 0 Å². The third kappa shape index (κ3) is 5.18. The summed E-state index contributed by atoms with van der Waals surface area (Å²) < 4.78 is 24.6. The summed E-state index contributed by atoms with van der Waals surface area (Å²) in [5.74, 6) is -0.282. The van der Waals surface area contributed by atoms with Gasteiger partial charge in [-0.25, -0.2) is 12.7 Å². The van der Waals surface area contributed by atoms with E-state index >= 15 is 0 Å². The van der Waals surface area contributed by atoms with E-state index < -0.39 is 10.0 Å². The van der Waals surface area contributed by atoms with E-state index in [0.29, 0.717) is 49.3 Å². The van der Waals surface area contributed by atoms with Crippen LogP contribution in [-0.4, -0.2) is 50.4 Å². The van der Waals surface area contributed by atoms with Gasteiger partial charge in [-0.15, -0.1) is 0 Å². The Kier molecular flexibility index (Phi) is 6.48. The Hall–Kier alpha value is -2.23. The monoisotopic (exact) mass is 421 g/mol. The number of hydrogen-bond donors (Lipinski definition) is 2. The molecule has 2 amide bonds. The molecule has 1 aliphatic heterocycles. The van der Waals surface area contributed by atoms with E-state index in [1.807, 2.05) is 5.38 Å². The van der Waals surface area contributed by atoms with Gasteiger partial charge in [-0.2, -0.15) is 11.3 Å². The molecule has 1 aromatic carbocycles. The number of hydrogen-bond acceptors (Lipinski definition) is 5. The Labute approximate surface area is 168 Å². The van der Waals surface area contributed by atoms with Gasteiger partial charge < -0.3 is 10.6 Å². The lowest BCUT2D eigenvalue weighted by molar-refractivity contribution is 0.0942. The molecular formula is C19H23N3O4S2. The molecule has 0 unspecified atom stereocenters. The van der Waals surface area contributed by atoms with Crippen LogP contribution in [0.25, 0.3) is 0 Å². The summed E-state index contributed by atoms with van der Waals surface area (Å²) in [5, 5.41) is 9.28. The average Bonchev–Trinajstić information content (AvgIpc) is 3.21. The maximum absolute atomic E-state index is 12.6. The second-order valence-corrected chi connectivity index (χ2v) is 9.59. The third-order valence-corrected chi connectivity index (χ3v) is 6.78. The Bertz CT molecular complexity index is 934. The number of thiophene rings is 1. The summed E-state index contributed by atoms with van der Waals surface area (Å²) in [6.07, 6.45) is 2.64. The van der Waals surface area contributed by atoms with Crippen LogP contribution in [0.15, 0.2) is 41.1 Å². The Morgan fingerprint density at radius 1 is 1.14 bits per heavy atom. The molecule has 1 aromatic heterocycles. The van der Waals surface area contributed by atoms with Gasteiger partial charge >= 0.3 is 0 Å². The lowest BCUT2D eigenvalue weighted by Crippen LogP contribution is -2.41. The number of sulfonamides is 1. The first kappa shape index (κ1) is 20.5. The lowest BCUT2D eigenvalue weighted by atomic mass is 9.98. The predicted octanol–water partition coefficient (Wildman–Crippen LogP) is 2.40. The molecule has 1 aliphatic rings. The van der Waals surface area contributed by atoms with Crippen LogP contribution in [0, 0.1) is 5.92 Å².